The van der Waals surface area contributed by atoms with Crippen LogP contribution in [0, 0.1) is 5.92 Å². The molecule has 2 aliphatic rings. The standard InChI is InChI=1S/C17H26N2/c1-17(2,3)14-4-6-15(7-5-14)19-11-9-16-13(12-19)8-10-18-16/h4-7,13,16,18H,8-12H2,1-3H3. The van der Waals surface area contributed by atoms with Crippen molar-refractivity contribution in [2.24, 2.45) is 5.92 Å². The van der Waals surface area contributed by atoms with Crippen LogP contribution in [0.1, 0.15) is 39.2 Å². The summed E-state index contributed by atoms with van der Waals surface area (Å²) in [6, 6.07) is 10.00. The number of rotatable bonds is 1. The molecule has 2 heterocycles. The Morgan fingerprint density at radius 1 is 1.11 bits per heavy atom. The van der Waals surface area contributed by atoms with Crippen molar-refractivity contribution in [3.63, 3.8) is 0 Å². The molecule has 2 unspecified atom stereocenters. The summed E-state index contributed by atoms with van der Waals surface area (Å²) in [6.45, 7) is 10.5. The van der Waals surface area contributed by atoms with E-state index in [4.69, 9.17) is 0 Å². The highest BCUT2D eigenvalue weighted by Crippen LogP contribution is 2.30. The summed E-state index contributed by atoms with van der Waals surface area (Å²) in [5.41, 5.74) is 3.08. The first kappa shape index (κ1) is 13.0. The minimum absolute atomic E-state index is 0.251. The molecule has 2 nitrogen and oxygen atoms in total. The molecule has 1 N–H and O–H groups in total. The minimum atomic E-state index is 0.251. The van der Waals surface area contributed by atoms with E-state index in [1.54, 1.807) is 0 Å². The van der Waals surface area contributed by atoms with Gasteiger partial charge in [0.15, 0.2) is 0 Å². The highest BCUT2D eigenvalue weighted by Gasteiger charge is 2.32. The molecule has 1 aromatic rings. The second-order valence-corrected chi connectivity index (χ2v) is 7.14. The molecule has 0 bridgehead atoms. The summed E-state index contributed by atoms with van der Waals surface area (Å²) < 4.78 is 0. The van der Waals surface area contributed by atoms with Crippen LogP contribution >= 0.6 is 0 Å². The van der Waals surface area contributed by atoms with Crippen molar-refractivity contribution < 1.29 is 0 Å². The highest BCUT2D eigenvalue weighted by molar-refractivity contribution is 5.49. The number of hydrogen-bond donors (Lipinski definition) is 1. The van der Waals surface area contributed by atoms with Gasteiger partial charge >= 0.3 is 0 Å². The van der Waals surface area contributed by atoms with Gasteiger partial charge in [-0.3, -0.25) is 0 Å². The molecule has 1 aromatic carbocycles. The van der Waals surface area contributed by atoms with Gasteiger partial charge in [-0.2, -0.15) is 0 Å². The van der Waals surface area contributed by atoms with Crippen LogP contribution < -0.4 is 10.2 Å². The fourth-order valence-electron chi connectivity index (χ4n) is 3.45. The molecule has 0 radical (unpaired) electrons. The van der Waals surface area contributed by atoms with Crippen LogP contribution in [-0.2, 0) is 5.41 Å². The average Bonchev–Trinajstić information content (AvgIpc) is 2.85. The lowest BCUT2D eigenvalue weighted by Crippen LogP contribution is -2.44. The first-order valence-corrected chi connectivity index (χ1v) is 7.63. The summed E-state index contributed by atoms with van der Waals surface area (Å²) in [5, 5.41) is 3.63. The lowest BCUT2D eigenvalue weighted by molar-refractivity contribution is 0.376. The molecule has 0 spiro atoms. The Morgan fingerprint density at radius 2 is 1.84 bits per heavy atom. The fourth-order valence-corrected chi connectivity index (χ4v) is 3.45. The molecule has 3 rings (SSSR count). The maximum Gasteiger partial charge on any atom is 0.0366 e. The van der Waals surface area contributed by atoms with Gasteiger partial charge in [0.05, 0.1) is 0 Å². The van der Waals surface area contributed by atoms with Gasteiger partial charge in [-0.05, 0) is 48.4 Å². The number of nitrogens with one attached hydrogen (secondary N) is 1. The van der Waals surface area contributed by atoms with Gasteiger partial charge in [-0.25, -0.2) is 0 Å². The van der Waals surface area contributed by atoms with E-state index >= 15 is 0 Å². The van der Waals surface area contributed by atoms with Crippen LogP contribution in [0.15, 0.2) is 24.3 Å². The van der Waals surface area contributed by atoms with E-state index in [1.807, 2.05) is 0 Å². The molecule has 2 aliphatic heterocycles. The van der Waals surface area contributed by atoms with Gasteiger partial charge in [-0.15, -0.1) is 0 Å². The second-order valence-electron chi connectivity index (χ2n) is 7.14. The molecule has 104 valence electrons. The third-order valence-electron chi connectivity index (χ3n) is 4.75. The predicted octanol–water partition coefficient (Wildman–Crippen LogP) is 3.17. The van der Waals surface area contributed by atoms with Crippen molar-refractivity contribution in [3.8, 4) is 0 Å². The van der Waals surface area contributed by atoms with Crippen molar-refractivity contribution in [1.82, 2.24) is 5.32 Å². The smallest absolute Gasteiger partial charge is 0.0366 e. The van der Waals surface area contributed by atoms with Gasteiger partial charge in [0.25, 0.3) is 0 Å². The van der Waals surface area contributed by atoms with Gasteiger partial charge in [0.2, 0.25) is 0 Å². The summed E-state index contributed by atoms with van der Waals surface area (Å²) in [4.78, 5) is 2.57. The van der Waals surface area contributed by atoms with Crippen LogP contribution in [0.25, 0.3) is 0 Å². The predicted molar refractivity (Wildman–Crippen MR) is 81.9 cm³/mol. The number of anilines is 1. The normalized spacial score (nSPS) is 27.4. The van der Waals surface area contributed by atoms with Crippen molar-refractivity contribution in [3.05, 3.63) is 29.8 Å². The number of piperidine rings is 1. The lowest BCUT2D eigenvalue weighted by atomic mass is 9.87. The van der Waals surface area contributed by atoms with E-state index in [9.17, 15) is 0 Å². The Balaban J connectivity index is 1.72. The third kappa shape index (κ3) is 2.64. The summed E-state index contributed by atoms with van der Waals surface area (Å²) >= 11 is 0. The van der Waals surface area contributed by atoms with Gasteiger partial charge in [0, 0.05) is 24.8 Å². The second kappa shape index (κ2) is 4.82. The fraction of sp³-hybridized carbons (Fsp3) is 0.647. The Hall–Kier alpha value is -1.02. The van der Waals surface area contributed by atoms with Crippen molar-refractivity contribution in [2.45, 2.75) is 45.1 Å². The van der Waals surface area contributed by atoms with Crippen LogP contribution in [-0.4, -0.2) is 25.7 Å². The number of benzene rings is 1. The van der Waals surface area contributed by atoms with Crippen LogP contribution in [0.5, 0.6) is 0 Å². The molecule has 2 heteroatoms. The Morgan fingerprint density at radius 3 is 2.53 bits per heavy atom. The van der Waals surface area contributed by atoms with Gasteiger partial charge in [0.1, 0.15) is 0 Å². The summed E-state index contributed by atoms with van der Waals surface area (Å²) in [6.07, 6.45) is 2.65. The number of nitrogens with zero attached hydrogens (tertiary/aromatic N) is 1. The van der Waals surface area contributed by atoms with E-state index in [-0.39, 0.29) is 5.41 Å². The van der Waals surface area contributed by atoms with Crippen LogP contribution in [0.2, 0.25) is 0 Å². The minimum Gasteiger partial charge on any atom is -0.371 e. The maximum absolute atomic E-state index is 3.63. The molecule has 0 saturated carbocycles. The zero-order valence-corrected chi connectivity index (χ0v) is 12.4. The highest BCUT2D eigenvalue weighted by atomic mass is 15.2. The van der Waals surface area contributed by atoms with Crippen LogP contribution in [0.4, 0.5) is 5.69 Å². The van der Waals surface area contributed by atoms with E-state index < -0.39 is 0 Å². The SMILES string of the molecule is CC(C)(C)c1ccc(N2CCC3NCCC3C2)cc1. The quantitative estimate of drug-likeness (QED) is 0.832. The Kier molecular flexibility index (Phi) is 3.30. The molecule has 0 amide bonds. The third-order valence-corrected chi connectivity index (χ3v) is 4.75. The van der Waals surface area contributed by atoms with Crippen molar-refractivity contribution >= 4 is 5.69 Å². The van der Waals surface area contributed by atoms with Gasteiger partial charge in [-0.1, -0.05) is 32.9 Å². The lowest BCUT2D eigenvalue weighted by Gasteiger charge is -2.36. The number of fused-ring (bicyclic) bond motifs is 1. The maximum atomic E-state index is 3.63. The van der Waals surface area contributed by atoms with E-state index in [1.165, 1.54) is 43.7 Å². The zero-order chi connectivity index (χ0) is 13.5. The summed E-state index contributed by atoms with van der Waals surface area (Å²) in [7, 11) is 0. The number of hydrogen-bond acceptors (Lipinski definition) is 2. The summed E-state index contributed by atoms with van der Waals surface area (Å²) in [5.74, 6) is 0.857. The molecular weight excluding hydrogens is 232 g/mol. The Labute approximate surface area is 117 Å². The van der Waals surface area contributed by atoms with Crippen molar-refractivity contribution in [2.75, 3.05) is 24.5 Å². The van der Waals surface area contributed by atoms with E-state index in [0.717, 1.165) is 12.0 Å². The first-order chi connectivity index (χ1) is 9.04. The van der Waals surface area contributed by atoms with Gasteiger partial charge < -0.3 is 10.2 Å². The monoisotopic (exact) mass is 258 g/mol. The average molecular weight is 258 g/mol. The van der Waals surface area contributed by atoms with E-state index in [0.29, 0.717) is 0 Å². The molecule has 0 aromatic heterocycles. The largest absolute Gasteiger partial charge is 0.371 e. The molecule has 0 aliphatic carbocycles. The van der Waals surface area contributed by atoms with E-state index in [2.05, 4.69) is 55.3 Å². The first-order valence-electron chi connectivity index (χ1n) is 7.63. The molecule has 2 atom stereocenters. The molecule has 2 saturated heterocycles. The zero-order valence-electron chi connectivity index (χ0n) is 12.4. The Bertz CT molecular complexity index is 430. The molecule has 19 heavy (non-hydrogen) atoms. The van der Waals surface area contributed by atoms with Crippen molar-refractivity contribution in [1.29, 1.82) is 0 Å². The molecule has 2 fully saturated rings. The van der Waals surface area contributed by atoms with Crippen LogP contribution in [0.3, 0.4) is 0 Å². The molecular formula is C17H26N2. The topological polar surface area (TPSA) is 15.3 Å².